The van der Waals surface area contributed by atoms with Gasteiger partial charge in [-0.05, 0) is 55.3 Å². The summed E-state index contributed by atoms with van der Waals surface area (Å²) in [6, 6.07) is 0. The van der Waals surface area contributed by atoms with Gasteiger partial charge in [-0.3, -0.25) is 0 Å². The van der Waals surface area contributed by atoms with Gasteiger partial charge < -0.3 is 5.11 Å². The zero-order chi connectivity index (χ0) is 11.0. The lowest BCUT2D eigenvalue weighted by atomic mass is 9.59. The fraction of sp³-hybridized carbons (Fsp3) is 1.00. The Balaban J connectivity index is 2.10. The van der Waals surface area contributed by atoms with Crippen LogP contribution in [0.4, 0.5) is 0 Å². The van der Waals surface area contributed by atoms with Crippen LogP contribution in [-0.4, -0.2) is 11.2 Å². The normalized spacial score (nSPS) is 46.6. The fourth-order valence-electron chi connectivity index (χ4n) is 4.12. The Labute approximate surface area is 94.3 Å². The highest BCUT2D eigenvalue weighted by Crippen LogP contribution is 2.48. The molecule has 1 nitrogen and oxygen atoms in total. The van der Waals surface area contributed by atoms with Crippen LogP contribution in [0, 0.1) is 29.6 Å². The Hall–Kier alpha value is -0.0400. The van der Waals surface area contributed by atoms with Gasteiger partial charge in [-0.1, -0.05) is 27.2 Å². The van der Waals surface area contributed by atoms with Crippen LogP contribution in [0.25, 0.3) is 0 Å². The van der Waals surface area contributed by atoms with Crippen LogP contribution < -0.4 is 0 Å². The number of rotatable bonds is 1. The van der Waals surface area contributed by atoms with E-state index in [0.717, 1.165) is 42.4 Å². The van der Waals surface area contributed by atoms with Crippen molar-refractivity contribution in [2.45, 2.75) is 59.0 Å². The molecule has 0 unspecified atom stereocenters. The predicted octanol–water partition coefficient (Wildman–Crippen LogP) is 3.47. The maximum atomic E-state index is 9.83. The van der Waals surface area contributed by atoms with Crippen molar-refractivity contribution in [2.75, 3.05) is 0 Å². The summed E-state index contributed by atoms with van der Waals surface area (Å²) in [5.41, 5.74) is 0. The third kappa shape index (κ3) is 2.22. The van der Waals surface area contributed by atoms with Crippen molar-refractivity contribution in [3.8, 4) is 0 Å². The van der Waals surface area contributed by atoms with Crippen LogP contribution in [0.2, 0.25) is 0 Å². The van der Waals surface area contributed by atoms with Crippen LogP contribution in [0.3, 0.4) is 0 Å². The minimum atomic E-state index is -0.00204. The van der Waals surface area contributed by atoms with Crippen molar-refractivity contribution in [2.24, 2.45) is 29.6 Å². The Bertz CT molecular complexity index is 207. The zero-order valence-corrected chi connectivity index (χ0v) is 10.4. The van der Waals surface area contributed by atoms with Crippen molar-refractivity contribution >= 4 is 0 Å². The highest BCUT2D eigenvalue weighted by Gasteiger charge is 2.41. The van der Waals surface area contributed by atoms with E-state index in [1.165, 1.54) is 19.3 Å². The fourth-order valence-corrected chi connectivity index (χ4v) is 4.12. The highest BCUT2D eigenvalue weighted by molar-refractivity contribution is 4.91. The first kappa shape index (κ1) is 11.4. The van der Waals surface area contributed by atoms with Gasteiger partial charge in [-0.15, -0.1) is 0 Å². The van der Waals surface area contributed by atoms with Gasteiger partial charge in [0.25, 0.3) is 0 Å². The van der Waals surface area contributed by atoms with Crippen LogP contribution in [0.5, 0.6) is 0 Å². The van der Waals surface area contributed by atoms with Crippen LogP contribution in [-0.2, 0) is 0 Å². The first-order chi connectivity index (χ1) is 7.09. The third-order valence-electron chi connectivity index (χ3n) is 5.02. The van der Waals surface area contributed by atoms with E-state index < -0.39 is 0 Å². The van der Waals surface area contributed by atoms with Gasteiger partial charge in [0, 0.05) is 0 Å². The number of hydrogen-bond donors (Lipinski definition) is 1. The van der Waals surface area contributed by atoms with Crippen LogP contribution in [0.1, 0.15) is 52.9 Å². The molecule has 15 heavy (non-hydrogen) atoms. The van der Waals surface area contributed by atoms with E-state index in [0.29, 0.717) is 0 Å². The Morgan fingerprint density at radius 1 is 1.00 bits per heavy atom. The first-order valence-electron chi connectivity index (χ1n) is 6.77. The standard InChI is InChI=1S/C14H26O/c1-9(2)12-6-4-10(3)13-7-5-11(15)8-14(12)13/h9-15H,4-8H2,1-3H3/t10-,11-,12+,13+,14+/m1/s1. The largest absolute Gasteiger partial charge is 0.393 e. The lowest BCUT2D eigenvalue weighted by Gasteiger charge is -2.47. The zero-order valence-electron chi connectivity index (χ0n) is 10.4. The molecular weight excluding hydrogens is 184 g/mol. The molecule has 2 fully saturated rings. The first-order valence-corrected chi connectivity index (χ1v) is 6.77. The molecular formula is C14H26O. The molecule has 2 aliphatic rings. The number of hydrogen-bond acceptors (Lipinski definition) is 1. The molecule has 0 heterocycles. The molecule has 1 heteroatoms. The second kappa shape index (κ2) is 4.45. The maximum absolute atomic E-state index is 9.83. The van der Waals surface area contributed by atoms with Crippen molar-refractivity contribution in [3.05, 3.63) is 0 Å². The lowest BCUT2D eigenvalue weighted by molar-refractivity contribution is -0.0191. The molecule has 2 aliphatic carbocycles. The van der Waals surface area contributed by atoms with Gasteiger partial charge in [-0.25, -0.2) is 0 Å². The second-order valence-electron chi connectivity index (χ2n) is 6.26. The molecule has 1 N–H and O–H groups in total. The van der Waals surface area contributed by atoms with E-state index in [1.54, 1.807) is 0 Å². The van der Waals surface area contributed by atoms with Crippen molar-refractivity contribution in [3.63, 3.8) is 0 Å². The average Bonchev–Trinajstić information content (AvgIpc) is 2.17. The van der Waals surface area contributed by atoms with Gasteiger partial charge in [0.15, 0.2) is 0 Å². The van der Waals surface area contributed by atoms with E-state index in [1.807, 2.05) is 0 Å². The van der Waals surface area contributed by atoms with Crippen molar-refractivity contribution in [1.29, 1.82) is 0 Å². The summed E-state index contributed by atoms with van der Waals surface area (Å²) in [7, 11) is 0. The van der Waals surface area contributed by atoms with E-state index >= 15 is 0 Å². The smallest absolute Gasteiger partial charge is 0.0543 e. The summed E-state index contributed by atoms with van der Waals surface area (Å²) < 4.78 is 0. The SMILES string of the molecule is CC(C)[C@@H]1CC[C@@H](C)[C@@H]2CC[C@@H](O)C[C@H]21. The molecule has 0 bridgehead atoms. The number of aliphatic hydroxyl groups is 1. The van der Waals surface area contributed by atoms with Crippen LogP contribution >= 0.6 is 0 Å². The molecule has 0 aliphatic heterocycles. The van der Waals surface area contributed by atoms with Gasteiger partial charge in [-0.2, -0.15) is 0 Å². The van der Waals surface area contributed by atoms with Gasteiger partial charge in [0.1, 0.15) is 0 Å². The third-order valence-corrected chi connectivity index (χ3v) is 5.02. The van der Waals surface area contributed by atoms with E-state index in [9.17, 15) is 5.11 Å². The molecule has 0 aromatic carbocycles. The Morgan fingerprint density at radius 2 is 1.73 bits per heavy atom. The summed E-state index contributed by atoms with van der Waals surface area (Å²) in [5.74, 6) is 4.31. The molecule has 0 aromatic rings. The summed E-state index contributed by atoms with van der Waals surface area (Å²) in [6.45, 7) is 7.14. The molecule has 0 aromatic heterocycles. The molecule has 0 spiro atoms. The maximum Gasteiger partial charge on any atom is 0.0543 e. The monoisotopic (exact) mass is 210 g/mol. The van der Waals surface area contributed by atoms with Gasteiger partial charge in [0.2, 0.25) is 0 Å². The summed E-state index contributed by atoms with van der Waals surface area (Å²) in [5, 5.41) is 9.83. The summed E-state index contributed by atoms with van der Waals surface area (Å²) in [6.07, 6.45) is 6.22. The van der Waals surface area contributed by atoms with E-state index in [-0.39, 0.29) is 6.10 Å². The molecule has 0 amide bonds. The van der Waals surface area contributed by atoms with E-state index in [4.69, 9.17) is 0 Å². The minimum Gasteiger partial charge on any atom is -0.393 e. The molecule has 2 rings (SSSR count). The van der Waals surface area contributed by atoms with E-state index in [2.05, 4.69) is 20.8 Å². The van der Waals surface area contributed by atoms with Crippen molar-refractivity contribution in [1.82, 2.24) is 0 Å². The molecule has 0 radical (unpaired) electrons. The summed E-state index contributed by atoms with van der Waals surface area (Å²) >= 11 is 0. The summed E-state index contributed by atoms with van der Waals surface area (Å²) in [4.78, 5) is 0. The number of aliphatic hydroxyl groups excluding tert-OH is 1. The molecule has 0 saturated heterocycles. The van der Waals surface area contributed by atoms with Gasteiger partial charge >= 0.3 is 0 Å². The quantitative estimate of drug-likeness (QED) is 0.702. The minimum absolute atomic E-state index is 0.00204. The predicted molar refractivity (Wildman–Crippen MR) is 63.6 cm³/mol. The van der Waals surface area contributed by atoms with Crippen molar-refractivity contribution < 1.29 is 5.11 Å². The number of fused-ring (bicyclic) bond motifs is 1. The van der Waals surface area contributed by atoms with Gasteiger partial charge in [0.05, 0.1) is 6.10 Å². The Morgan fingerprint density at radius 3 is 2.40 bits per heavy atom. The average molecular weight is 210 g/mol. The molecule has 5 atom stereocenters. The highest BCUT2D eigenvalue weighted by atomic mass is 16.3. The Kier molecular flexibility index (Phi) is 3.39. The topological polar surface area (TPSA) is 20.2 Å². The second-order valence-corrected chi connectivity index (χ2v) is 6.26. The molecule has 88 valence electrons. The molecule has 2 saturated carbocycles. The van der Waals surface area contributed by atoms with Crippen LogP contribution in [0.15, 0.2) is 0 Å². The lowest BCUT2D eigenvalue weighted by Crippen LogP contribution is -2.41.